The summed E-state index contributed by atoms with van der Waals surface area (Å²) < 4.78 is 0. The third-order valence-electron chi connectivity index (χ3n) is 4.14. The van der Waals surface area contributed by atoms with Crippen molar-refractivity contribution in [3.63, 3.8) is 0 Å². The number of para-hydroxylation sites is 1. The van der Waals surface area contributed by atoms with Gasteiger partial charge in [-0.3, -0.25) is 14.6 Å². The Morgan fingerprint density at radius 3 is 2.11 bits per heavy atom. The lowest BCUT2D eigenvalue weighted by Crippen LogP contribution is -2.25. The fraction of sp³-hybridized carbons (Fsp3) is 0.143. The molecule has 0 aliphatic rings. The number of hydrogen-bond donors (Lipinski definition) is 2. The van der Waals surface area contributed by atoms with Gasteiger partial charge >= 0.3 is 0 Å². The van der Waals surface area contributed by atoms with Crippen LogP contribution in [0.25, 0.3) is 0 Å². The van der Waals surface area contributed by atoms with Crippen LogP contribution in [0.3, 0.4) is 0 Å². The minimum Gasteiger partial charge on any atom is -0.347 e. The lowest BCUT2D eigenvalue weighted by molar-refractivity contribution is 0.0945. The molecule has 0 bridgehead atoms. The van der Waals surface area contributed by atoms with Gasteiger partial charge in [0.25, 0.3) is 11.8 Å². The molecule has 136 valence electrons. The van der Waals surface area contributed by atoms with Crippen LogP contribution in [0.4, 0.5) is 5.69 Å². The maximum Gasteiger partial charge on any atom is 0.274 e. The van der Waals surface area contributed by atoms with Gasteiger partial charge in [0.05, 0.1) is 0 Å². The Morgan fingerprint density at radius 2 is 1.44 bits per heavy atom. The van der Waals surface area contributed by atoms with E-state index in [-0.39, 0.29) is 23.2 Å². The summed E-state index contributed by atoms with van der Waals surface area (Å²) in [6.45, 7) is 4.22. The number of pyridine rings is 2. The van der Waals surface area contributed by atoms with E-state index in [0.717, 1.165) is 22.4 Å². The van der Waals surface area contributed by atoms with Gasteiger partial charge < -0.3 is 10.6 Å². The lowest BCUT2D eigenvalue weighted by atomic mass is 10.1. The topological polar surface area (TPSA) is 84.0 Å². The van der Waals surface area contributed by atoms with Gasteiger partial charge in [-0.15, -0.1) is 0 Å². The fourth-order valence-corrected chi connectivity index (χ4v) is 2.65. The molecule has 0 atom stereocenters. The van der Waals surface area contributed by atoms with Gasteiger partial charge in [-0.05, 0) is 54.8 Å². The fourth-order valence-electron chi connectivity index (χ4n) is 2.65. The highest BCUT2D eigenvalue weighted by Gasteiger charge is 2.14. The largest absolute Gasteiger partial charge is 0.347 e. The molecule has 3 rings (SSSR count). The number of carbonyl (C=O) groups is 2. The van der Waals surface area contributed by atoms with Crippen LogP contribution in [-0.4, -0.2) is 21.8 Å². The van der Waals surface area contributed by atoms with Crippen LogP contribution < -0.4 is 10.6 Å². The molecular weight excluding hydrogens is 340 g/mol. The summed E-state index contributed by atoms with van der Waals surface area (Å²) in [4.78, 5) is 33.0. The van der Waals surface area contributed by atoms with Crippen LogP contribution in [0.15, 0.2) is 60.9 Å². The number of nitrogens with zero attached hydrogens (tertiary/aromatic N) is 2. The number of amides is 2. The van der Waals surface area contributed by atoms with Gasteiger partial charge in [0.1, 0.15) is 11.4 Å². The predicted molar refractivity (Wildman–Crippen MR) is 104 cm³/mol. The maximum atomic E-state index is 12.6. The number of benzene rings is 1. The van der Waals surface area contributed by atoms with Crippen molar-refractivity contribution in [1.82, 2.24) is 15.3 Å². The molecular formula is C21H20N4O2. The van der Waals surface area contributed by atoms with Crippen LogP contribution >= 0.6 is 0 Å². The van der Waals surface area contributed by atoms with E-state index in [1.165, 1.54) is 0 Å². The second kappa shape index (κ2) is 8.23. The summed E-state index contributed by atoms with van der Waals surface area (Å²) >= 11 is 0. The molecule has 2 amide bonds. The maximum absolute atomic E-state index is 12.6. The van der Waals surface area contributed by atoms with E-state index in [1.807, 2.05) is 44.2 Å². The minimum absolute atomic E-state index is 0.189. The van der Waals surface area contributed by atoms with Crippen molar-refractivity contribution in [3.05, 3.63) is 89.0 Å². The van der Waals surface area contributed by atoms with E-state index in [2.05, 4.69) is 20.6 Å². The van der Waals surface area contributed by atoms with Gasteiger partial charge in [0.15, 0.2) is 0 Å². The van der Waals surface area contributed by atoms with Crippen LogP contribution in [0.5, 0.6) is 0 Å². The van der Waals surface area contributed by atoms with E-state index in [9.17, 15) is 9.59 Å². The highest BCUT2D eigenvalue weighted by atomic mass is 16.2. The zero-order chi connectivity index (χ0) is 19.2. The first-order chi connectivity index (χ1) is 13.0. The molecule has 0 fully saturated rings. The number of aromatic nitrogens is 2. The summed E-state index contributed by atoms with van der Waals surface area (Å²) in [5, 5.41) is 5.67. The normalized spacial score (nSPS) is 10.3. The van der Waals surface area contributed by atoms with E-state index in [0.29, 0.717) is 6.54 Å². The highest BCUT2D eigenvalue weighted by molar-refractivity contribution is 6.04. The molecule has 2 heterocycles. The van der Waals surface area contributed by atoms with Crippen molar-refractivity contribution in [1.29, 1.82) is 0 Å². The van der Waals surface area contributed by atoms with Crippen molar-refractivity contribution < 1.29 is 9.59 Å². The lowest BCUT2D eigenvalue weighted by Gasteiger charge is -2.11. The quantitative estimate of drug-likeness (QED) is 0.731. The van der Waals surface area contributed by atoms with Gasteiger partial charge in [-0.25, -0.2) is 4.98 Å². The van der Waals surface area contributed by atoms with Gasteiger partial charge in [0.2, 0.25) is 0 Å². The average molecular weight is 360 g/mol. The van der Waals surface area contributed by atoms with Crippen molar-refractivity contribution in [3.8, 4) is 0 Å². The van der Waals surface area contributed by atoms with Crippen LogP contribution in [-0.2, 0) is 6.54 Å². The molecule has 0 aliphatic heterocycles. The van der Waals surface area contributed by atoms with Gasteiger partial charge in [0, 0.05) is 24.6 Å². The molecule has 27 heavy (non-hydrogen) atoms. The van der Waals surface area contributed by atoms with E-state index in [1.54, 1.807) is 30.6 Å². The van der Waals surface area contributed by atoms with Crippen molar-refractivity contribution in [2.75, 3.05) is 5.32 Å². The zero-order valence-electron chi connectivity index (χ0n) is 15.2. The molecule has 6 nitrogen and oxygen atoms in total. The molecule has 0 saturated carbocycles. The number of nitrogens with one attached hydrogen (secondary N) is 2. The molecule has 2 N–H and O–H groups in total. The van der Waals surface area contributed by atoms with Crippen LogP contribution in [0, 0.1) is 13.8 Å². The molecule has 6 heteroatoms. The smallest absolute Gasteiger partial charge is 0.274 e. The Hall–Kier alpha value is -3.54. The highest BCUT2D eigenvalue weighted by Crippen LogP contribution is 2.20. The molecule has 1 aromatic carbocycles. The molecule has 0 saturated heterocycles. The molecule has 2 aromatic heterocycles. The second-order valence-electron chi connectivity index (χ2n) is 6.17. The summed E-state index contributed by atoms with van der Waals surface area (Å²) in [5.41, 5.74) is 4.01. The second-order valence-corrected chi connectivity index (χ2v) is 6.17. The summed E-state index contributed by atoms with van der Waals surface area (Å²) in [6, 6.07) is 14.3. The van der Waals surface area contributed by atoms with E-state index < -0.39 is 0 Å². The van der Waals surface area contributed by atoms with Gasteiger partial charge in [-0.2, -0.15) is 0 Å². The molecule has 0 unspecified atom stereocenters. The minimum atomic E-state index is -0.351. The number of rotatable bonds is 5. The summed E-state index contributed by atoms with van der Waals surface area (Å²) in [5.74, 6) is -0.690. The number of carbonyl (C=O) groups excluding carboxylic acids is 2. The Morgan fingerprint density at radius 1 is 0.852 bits per heavy atom. The van der Waals surface area contributed by atoms with Crippen molar-refractivity contribution in [2.45, 2.75) is 20.4 Å². The SMILES string of the molecule is Cc1cccc(C)c1NC(=O)c1cccc(C(=O)NCc2ccncc2)n1. The number of aryl methyl sites for hydroxylation is 2. The van der Waals surface area contributed by atoms with E-state index >= 15 is 0 Å². The number of hydrogen-bond acceptors (Lipinski definition) is 4. The first kappa shape index (κ1) is 18.3. The van der Waals surface area contributed by atoms with Crippen molar-refractivity contribution >= 4 is 17.5 Å². The zero-order valence-corrected chi connectivity index (χ0v) is 15.2. The van der Waals surface area contributed by atoms with Crippen LogP contribution in [0.1, 0.15) is 37.7 Å². The Kier molecular flexibility index (Phi) is 5.56. The third kappa shape index (κ3) is 4.55. The van der Waals surface area contributed by atoms with Crippen molar-refractivity contribution in [2.24, 2.45) is 0 Å². The van der Waals surface area contributed by atoms with Gasteiger partial charge in [-0.1, -0.05) is 24.3 Å². The molecule has 3 aromatic rings. The first-order valence-electron chi connectivity index (χ1n) is 8.56. The Bertz CT molecular complexity index is 951. The molecule has 0 spiro atoms. The predicted octanol–water partition coefficient (Wildman–Crippen LogP) is 3.28. The Labute approximate surface area is 157 Å². The first-order valence-corrected chi connectivity index (χ1v) is 8.56. The summed E-state index contributed by atoms with van der Waals surface area (Å²) in [7, 11) is 0. The third-order valence-corrected chi connectivity index (χ3v) is 4.14. The average Bonchev–Trinajstić information content (AvgIpc) is 2.70. The number of anilines is 1. The van der Waals surface area contributed by atoms with Crippen LogP contribution in [0.2, 0.25) is 0 Å². The monoisotopic (exact) mass is 360 g/mol. The standard InChI is InChI=1S/C21H20N4O2/c1-14-5-3-6-15(2)19(14)25-21(27)18-8-4-7-17(24-18)20(26)23-13-16-9-11-22-12-10-16/h3-12H,13H2,1-2H3,(H,23,26)(H,25,27). The summed E-state index contributed by atoms with van der Waals surface area (Å²) in [6.07, 6.45) is 3.33. The molecule has 0 radical (unpaired) electrons. The Balaban J connectivity index is 1.71. The van der Waals surface area contributed by atoms with E-state index in [4.69, 9.17) is 0 Å². The molecule has 0 aliphatic carbocycles.